The highest BCUT2D eigenvalue weighted by Crippen LogP contribution is 2.43. The molecule has 0 spiro atoms. The molecule has 1 amide bonds. The predicted molar refractivity (Wildman–Crippen MR) is 142 cm³/mol. The van der Waals surface area contributed by atoms with Gasteiger partial charge in [-0.2, -0.15) is 4.98 Å². The minimum atomic E-state index is -0.562. The molecule has 0 saturated heterocycles. The van der Waals surface area contributed by atoms with Gasteiger partial charge >= 0.3 is 0 Å². The number of hydrogen-bond acceptors (Lipinski definition) is 7. The maximum absolute atomic E-state index is 13.8. The quantitative estimate of drug-likeness (QED) is 0.326. The number of fused-ring (bicyclic) bond motifs is 1. The summed E-state index contributed by atoms with van der Waals surface area (Å²) in [5.74, 6) is 0.0576. The first kappa shape index (κ1) is 25.9. The summed E-state index contributed by atoms with van der Waals surface area (Å²) in [4.78, 5) is 26.0. The van der Waals surface area contributed by atoms with Crippen molar-refractivity contribution in [1.29, 1.82) is 0 Å². The van der Waals surface area contributed by atoms with Crippen molar-refractivity contribution in [2.24, 2.45) is 11.1 Å². The Morgan fingerprint density at radius 1 is 1.19 bits per heavy atom. The Morgan fingerprint density at radius 2 is 1.89 bits per heavy atom. The Labute approximate surface area is 224 Å². The summed E-state index contributed by atoms with van der Waals surface area (Å²) in [6.07, 6.45) is 7.26. The second-order valence-corrected chi connectivity index (χ2v) is 11.2. The van der Waals surface area contributed by atoms with Crippen molar-refractivity contribution >= 4 is 57.9 Å². The minimum Gasteiger partial charge on any atom is -0.393 e. The third-order valence-electron chi connectivity index (χ3n) is 7.67. The molecule has 2 heterocycles. The van der Waals surface area contributed by atoms with E-state index in [2.05, 4.69) is 15.6 Å². The number of nitrogens with one attached hydrogen (secondary N) is 2. The Balaban J connectivity index is 1.52. The maximum Gasteiger partial charge on any atom is 0.224 e. The number of aromatic nitrogens is 4. The van der Waals surface area contributed by atoms with Crippen LogP contribution < -0.4 is 16.4 Å². The summed E-state index contributed by atoms with van der Waals surface area (Å²) in [5.41, 5.74) is 6.62. The first-order valence-corrected chi connectivity index (χ1v) is 13.3. The fourth-order valence-electron chi connectivity index (χ4n) is 5.39. The van der Waals surface area contributed by atoms with Crippen LogP contribution in [0.4, 0.5) is 22.0 Å². The maximum atomic E-state index is 13.8. The Bertz CT molecular complexity index is 1300. The van der Waals surface area contributed by atoms with Gasteiger partial charge in [0.25, 0.3) is 0 Å². The molecule has 198 valence electrons. The fraction of sp³-hybridized carbons (Fsp3) is 0.520. The zero-order valence-electron chi connectivity index (χ0n) is 20.5. The van der Waals surface area contributed by atoms with Crippen molar-refractivity contribution < 1.29 is 14.3 Å². The molecular weight excluding hydrogens is 520 g/mol. The number of imidazole rings is 1. The zero-order valence-corrected chi connectivity index (χ0v) is 22.0. The van der Waals surface area contributed by atoms with E-state index >= 15 is 0 Å². The first-order chi connectivity index (χ1) is 17.6. The van der Waals surface area contributed by atoms with Gasteiger partial charge in [-0.25, -0.2) is 14.4 Å². The first-order valence-electron chi connectivity index (χ1n) is 12.5. The van der Waals surface area contributed by atoms with Crippen molar-refractivity contribution in [3.63, 3.8) is 0 Å². The van der Waals surface area contributed by atoms with Gasteiger partial charge in [0.2, 0.25) is 17.8 Å². The molecule has 9 nitrogen and oxygen atoms in total. The number of aliphatic hydroxyl groups is 1. The van der Waals surface area contributed by atoms with E-state index in [0.29, 0.717) is 60.9 Å². The van der Waals surface area contributed by atoms with Crippen LogP contribution in [0, 0.1) is 11.2 Å². The van der Waals surface area contributed by atoms with E-state index in [4.69, 9.17) is 38.9 Å². The normalized spacial score (nSPS) is 26.2. The van der Waals surface area contributed by atoms with Crippen molar-refractivity contribution in [1.82, 2.24) is 19.5 Å². The van der Waals surface area contributed by atoms with Crippen LogP contribution in [-0.4, -0.2) is 42.7 Å². The lowest BCUT2D eigenvalue weighted by atomic mass is 9.73. The van der Waals surface area contributed by atoms with Gasteiger partial charge in [-0.05, 0) is 63.5 Å². The smallest absolute Gasteiger partial charge is 0.224 e. The lowest BCUT2D eigenvalue weighted by molar-refractivity contribution is -0.128. The molecule has 0 unspecified atom stereocenters. The van der Waals surface area contributed by atoms with Gasteiger partial charge in [0.15, 0.2) is 5.65 Å². The molecule has 2 fully saturated rings. The lowest BCUT2D eigenvalue weighted by Crippen LogP contribution is -2.38. The largest absolute Gasteiger partial charge is 0.393 e. The second kappa shape index (κ2) is 10.2. The topological polar surface area (TPSA) is 131 Å². The number of hydrogen-bond donors (Lipinski definition) is 4. The molecule has 5 N–H and O–H groups in total. The molecule has 12 heteroatoms. The molecule has 0 radical (unpaired) electrons. The van der Waals surface area contributed by atoms with Gasteiger partial charge in [-0.1, -0.05) is 30.1 Å². The molecular formula is C25H30Cl2FN7O2. The van der Waals surface area contributed by atoms with Crippen molar-refractivity contribution in [2.45, 2.75) is 76.5 Å². The van der Waals surface area contributed by atoms with E-state index < -0.39 is 11.2 Å². The third kappa shape index (κ3) is 5.32. The lowest BCUT2D eigenvalue weighted by Gasteiger charge is -2.35. The summed E-state index contributed by atoms with van der Waals surface area (Å²) in [6.45, 7) is 1.90. The molecule has 3 aromatic rings. The van der Waals surface area contributed by atoms with Crippen LogP contribution in [0.15, 0.2) is 18.3 Å². The third-order valence-corrected chi connectivity index (χ3v) is 8.27. The standard InChI is InChI=1S/C25H30Cl2FN7O2/c1-25(22(29)37)7-5-15(6-8-25)35-21-19(12-30-23(34-21)31-14-3-2-4-16(36)11-14)32-24(35)33-20-17(26)9-13(28)10-18(20)27/h9-10,12,14-16,36H,2-8,11H2,1H3,(H2,29,37)(H,32,33)(H,30,31,34)/t14-,15-,16+,25+/m1/s1. The predicted octanol–water partition coefficient (Wildman–Crippen LogP) is 5.34. The van der Waals surface area contributed by atoms with Gasteiger partial charge in [0.05, 0.1) is 28.0 Å². The molecule has 1 aromatic carbocycles. The summed E-state index contributed by atoms with van der Waals surface area (Å²) in [7, 11) is 0. The molecule has 0 bridgehead atoms. The number of anilines is 3. The van der Waals surface area contributed by atoms with Crippen LogP contribution in [0.3, 0.4) is 0 Å². The SMILES string of the molecule is C[C@]1(C(N)=O)CC[C@@H](n2c(Nc3c(Cl)cc(F)cc3Cl)nc3cnc(N[C@@H]4CCC[C@H](O)C4)nc32)CC1. The van der Waals surface area contributed by atoms with Crippen molar-refractivity contribution in [3.05, 3.63) is 34.2 Å². The summed E-state index contributed by atoms with van der Waals surface area (Å²) >= 11 is 12.6. The van der Waals surface area contributed by atoms with Crippen LogP contribution in [-0.2, 0) is 4.79 Å². The number of benzene rings is 1. The van der Waals surface area contributed by atoms with Gasteiger partial charge < -0.3 is 21.5 Å². The number of halogens is 3. The average Bonchev–Trinajstić information content (AvgIpc) is 3.19. The molecule has 0 aliphatic heterocycles. The number of rotatable bonds is 6. The number of carbonyl (C=O) groups is 1. The number of amides is 1. The van der Waals surface area contributed by atoms with Crippen LogP contribution in [0.1, 0.15) is 64.3 Å². The Morgan fingerprint density at radius 3 is 2.54 bits per heavy atom. The highest BCUT2D eigenvalue weighted by molar-refractivity contribution is 6.39. The monoisotopic (exact) mass is 549 g/mol. The van der Waals surface area contributed by atoms with E-state index in [1.165, 1.54) is 12.1 Å². The Kier molecular flexibility index (Phi) is 7.17. The van der Waals surface area contributed by atoms with E-state index in [1.54, 1.807) is 6.20 Å². The van der Waals surface area contributed by atoms with Gasteiger partial charge in [0.1, 0.15) is 11.3 Å². The van der Waals surface area contributed by atoms with Gasteiger partial charge in [-0.15, -0.1) is 0 Å². The highest BCUT2D eigenvalue weighted by Gasteiger charge is 2.38. The molecule has 2 aromatic heterocycles. The van der Waals surface area contributed by atoms with E-state index in [1.807, 2.05) is 11.5 Å². The zero-order chi connectivity index (χ0) is 26.3. The molecule has 2 aliphatic rings. The molecule has 5 rings (SSSR count). The van der Waals surface area contributed by atoms with E-state index in [9.17, 15) is 14.3 Å². The Hall–Kier alpha value is -2.69. The number of nitrogens with two attached hydrogens (primary N) is 1. The van der Waals surface area contributed by atoms with Crippen LogP contribution >= 0.6 is 23.2 Å². The highest BCUT2D eigenvalue weighted by atomic mass is 35.5. The summed E-state index contributed by atoms with van der Waals surface area (Å²) in [6, 6.07) is 2.42. The number of primary amides is 1. The summed E-state index contributed by atoms with van der Waals surface area (Å²) in [5, 5.41) is 16.8. The van der Waals surface area contributed by atoms with Gasteiger partial charge in [-0.3, -0.25) is 9.36 Å². The van der Waals surface area contributed by atoms with E-state index in [-0.39, 0.29) is 34.1 Å². The molecule has 37 heavy (non-hydrogen) atoms. The second-order valence-electron chi connectivity index (χ2n) is 10.4. The minimum absolute atomic E-state index is 0.0304. The number of carbonyl (C=O) groups excluding carboxylic acids is 1. The number of aliphatic hydroxyl groups excluding tert-OH is 1. The van der Waals surface area contributed by atoms with Crippen LogP contribution in [0.25, 0.3) is 11.2 Å². The van der Waals surface area contributed by atoms with Crippen LogP contribution in [0.2, 0.25) is 10.0 Å². The number of nitrogens with zero attached hydrogens (tertiary/aromatic N) is 4. The fourth-order valence-corrected chi connectivity index (χ4v) is 5.94. The van der Waals surface area contributed by atoms with E-state index in [0.717, 1.165) is 19.3 Å². The summed E-state index contributed by atoms with van der Waals surface area (Å²) < 4.78 is 15.8. The van der Waals surface area contributed by atoms with Crippen molar-refractivity contribution in [3.8, 4) is 0 Å². The van der Waals surface area contributed by atoms with Crippen molar-refractivity contribution in [2.75, 3.05) is 10.6 Å². The molecule has 2 saturated carbocycles. The van der Waals surface area contributed by atoms with Crippen LogP contribution in [0.5, 0.6) is 0 Å². The molecule has 2 atom stereocenters. The average molecular weight is 550 g/mol. The van der Waals surface area contributed by atoms with Gasteiger partial charge in [0, 0.05) is 17.5 Å². The molecule has 2 aliphatic carbocycles.